The van der Waals surface area contributed by atoms with Crippen molar-refractivity contribution in [1.29, 1.82) is 0 Å². The van der Waals surface area contributed by atoms with E-state index in [9.17, 15) is 0 Å². The lowest BCUT2D eigenvalue weighted by Gasteiger charge is -2.26. The van der Waals surface area contributed by atoms with Gasteiger partial charge in [-0.15, -0.1) is 11.3 Å². The van der Waals surface area contributed by atoms with Gasteiger partial charge in [0.05, 0.1) is 16.8 Å². The number of thiophene rings is 1. The number of nitrogens with zero attached hydrogens (tertiary/aromatic N) is 3. The Balaban J connectivity index is 1.39. The van der Waals surface area contributed by atoms with Crippen LogP contribution in [0.4, 0.5) is 0 Å². The molecule has 0 N–H and O–H groups in total. The van der Waals surface area contributed by atoms with E-state index >= 15 is 0 Å². The van der Waals surface area contributed by atoms with Crippen LogP contribution >= 0.6 is 11.3 Å². The maximum atomic E-state index is 5.63. The molecule has 0 amide bonds. The summed E-state index contributed by atoms with van der Waals surface area (Å²) >= 11 is 1.77. The third-order valence-electron chi connectivity index (χ3n) is 6.63. The molecule has 0 unspecified atom stereocenters. The molecule has 5 rings (SSSR count). The van der Waals surface area contributed by atoms with Gasteiger partial charge in [-0.1, -0.05) is 38.3 Å². The Morgan fingerprint density at radius 2 is 2.00 bits per heavy atom. The molecule has 0 atom stereocenters. The first-order chi connectivity index (χ1) is 15.8. The van der Waals surface area contributed by atoms with Gasteiger partial charge in [0.25, 0.3) is 0 Å². The predicted octanol–water partition coefficient (Wildman–Crippen LogP) is 6.33. The highest BCUT2D eigenvalue weighted by molar-refractivity contribution is 7.13. The number of fused-ring (bicyclic) bond motifs is 1. The molecule has 1 aliphatic carbocycles. The van der Waals surface area contributed by atoms with Crippen LogP contribution in [0.15, 0.2) is 41.9 Å². The summed E-state index contributed by atoms with van der Waals surface area (Å²) in [5.41, 5.74) is 2.60. The zero-order valence-corrected chi connectivity index (χ0v) is 19.8. The fourth-order valence-corrected chi connectivity index (χ4v) is 5.70. The fourth-order valence-electron chi connectivity index (χ4n) is 4.98. The summed E-state index contributed by atoms with van der Waals surface area (Å²) in [4.78, 5) is 8.73. The molecule has 0 bridgehead atoms. The molecule has 32 heavy (non-hydrogen) atoms. The molecular formula is C26H33N3O2S. The topological polar surface area (TPSA) is 39.5 Å². The van der Waals surface area contributed by atoms with Crippen LogP contribution in [0.1, 0.15) is 56.7 Å². The molecule has 3 heterocycles. The minimum absolute atomic E-state index is 0.326. The van der Waals surface area contributed by atoms with E-state index in [1.165, 1.54) is 54.7 Å². The van der Waals surface area contributed by atoms with Crippen molar-refractivity contribution in [3.05, 3.63) is 53.2 Å². The van der Waals surface area contributed by atoms with Crippen LogP contribution in [-0.4, -0.2) is 27.8 Å². The van der Waals surface area contributed by atoms with Gasteiger partial charge in [-0.05, 0) is 54.3 Å². The van der Waals surface area contributed by atoms with Gasteiger partial charge in [0.15, 0.2) is 11.5 Å². The van der Waals surface area contributed by atoms with Crippen molar-refractivity contribution in [2.75, 3.05) is 13.3 Å². The summed E-state index contributed by atoms with van der Waals surface area (Å²) in [6, 6.07) is 10.7. The van der Waals surface area contributed by atoms with E-state index in [4.69, 9.17) is 14.5 Å². The summed E-state index contributed by atoms with van der Waals surface area (Å²) in [6.45, 7) is 6.59. The summed E-state index contributed by atoms with van der Waals surface area (Å²) in [7, 11) is 0. The Hall–Kier alpha value is -2.31. The lowest BCUT2D eigenvalue weighted by molar-refractivity contribution is 0.173. The summed E-state index contributed by atoms with van der Waals surface area (Å²) in [6.07, 6.45) is 9.92. The highest BCUT2D eigenvalue weighted by Gasteiger charge is 2.22. The van der Waals surface area contributed by atoms with Crippen molar-refractivity contribution in [2.45, 2.75) is 65.1 Å². The van der Waals surface area contributed by atoms with E-state index < -0.39 is 0 Å². The zero-order valence-electron chi connectivity index (χ0n) is 19.0. The van der Waals surface area contributed by atoms with Crippen molar-refractivity contribution in [3.63, 3.8) is 0 Å². The second kappa shape index (κ2) is 10.1. The largest absolute Gasteiger partial charge is 0.454 e. The quantitative estimate of drug-likeness (QED) is 0.361. The minimum Gasteiger partial charge on any atom is -0.454 e. The molecule has 2 aromatic heterocycles. The van der Waals surface area contributed by atoms with Gasteiger partial charge in [0.2, 0.25) is 6.79 Å². The van der Waals surface area contributed by atoms with Gasteiger partial charge in [-0.2, -0.15) is 0 Å². The van der Waals surface area contributed by atoms with Crippen LogP contribution in [0.25, 0.3) is 10.7 Å². The van der Waals surface area contributed by atoms with Gasteiger partial charge in [0, 0.05) is 26.2 Å². The maximum absolute atomic E-state index is 5.63. The van der Waals surface area contributed by atoms with Crippen molar-refractivity contribution in [3.8, 4) is 22.2 Å². The molecule has 1 fully saturated rings. The van der Waals surface area contributed by atoms with Crippen molar-refractivity contribution in [1.82, 2.24) is 14.5 Å². The number of unbranched alkanes of at least 4 members (excludes halogenated alkanes) is 1. The maximum Gasteiger partial charge on any atom is 0.231 e. The van der Waals surface area contributed by atoms with Gasteiger partial charge >= 0.3 is 0 Å². The fraction of sp³-hybridized carbons (Fsp3) is 0.500. The highest BCUT2D eigenvalue weighted by Crippen LogP contribution is 2.34. The number of imidazole rings is 1. The molecule has 0 radical (unpaired) electrons. The minimum atomic E-state index is 0.326. The second-order valence-electron chi connectivity index (χ2n) is 9.06. The molecule has 1 aromatic carbocycles. The number of hydrogen-bond acceptors (Lipinski definition) is 5. The Labute approximate surface area is 195 Å². The Morgan fingerprint density at radius 3 is 2.81 bits per heavy atom. The van der Waals surface area contributed by atoms with E-state index in [1.54, 1.807) is 11.3 Å². The third-order valence-corrected chi connectivity index (χ3v) is 7.50. The van der Waals surface area contributed by atoms with Crippen LogP contribution in [0, 0.1) is 5.92 Å². The Bertz CT molecular complexity index is 1010. The number of ether oxygens (including phenoxy) is 2. The van der Waals surface area contributed by atoms with Gasteiger partial charge in [-0.25, -0.2) is 4.98 Å². The van der Waals surface area contributed by atoms with E-state index in [-0.39, 0.29) is 0 Å². The van der Waals surface area contributed by atoms with E-state index in [0.717, 1.165) is 49.4 Å². The van der Waals surface area contributed by atoms with E-state index in [2.05, 4.69) is 52.2 Å². The Morgan fingerprint density at radius 1 is 1.12 bits per heavy atom. The van der Waals surface area contributed by atoms with E-state index in [0.29, 0.717) is 6.79 Å². The molecule has 170 valence electrons. The molecule has 5 nitrogen and oxygen atoms in total. The first-order valence-electron chi connectivity index (χ1n) is 12.0. The SMILES string of the molecule is CCCCn1c(CN(Cc2ccc3c(c2)OCO3)CC2CCCC2)cnc1-c1cccs1. The number of hydrogen-bond donors (Lipinski definition) is 0. The summed E-state index contributed by atoms with van der Waals surface area (Å²) in [5, 5.41) is 2.14. The monoisotopic (exact) mass is 451 g/mol. The van der Waals surface area contributed by atoms with Crippen LogP contribution in [0.3, 0.4) is 0 Å². The first-order valence-corrected chi connectivity index (χ1v) is 12.9. The van der Waals surface area contributed by atoms with Crippen LogP contribution in [0.5, 0.6) is 11.5 Å². The van der Waals surface area contributed by atoms with Crippen molar-refractivity contribution >= 4 is 11.3 Å². The molecule has 1 aliphatic heterocycles. The first kappa shape index (κ1) is 21.5. The molecule has 0 saturated heterocycles. The average Bonchev–Trinajstić information content (AvgIpc) is 3.59. The van der Waals surface area contributed by atoms with Crippen LogP contribution in [-0.2, 0) is 19.6 Å². The molecule has 3 aromatic rings. The van der Waals surface area contributed by atoms with Crippen LogP contribution < -0.4 is 9.47 Å². The van der Waals surface area contributed by atoms with Gasteiger partial charge in [0.1, 0.15) is 5.82 Å². The number of aromatic nitrogens is 2. The average molecular weight is 452 g/mol. The second-order valence-corrected chi connectivity index (χ2v) is 10.0. The molecule has 0 spiro atoms. The lowest BCUT2D eigenvalue weighted by atomic mass is 10.1. The predicted molar refractivity (Wildman–Crippen MR) is 129 cm³/mol. The highest BCUT2D eigenvalue weighted by atomic mass is 32.1. The Kier molecular flexibility index (Phi) is 6.79. The molecule has 1 saturated carbocycles. The smallest absolute Gasteiger partial charge is 0.231 e. The normalized spacial score (nSPS) is 15.8. The molecule has 6 heteroatoms. The molecule has 2 aliphatic rings. The number of benzene rings is 1. The summed E-state index contributed by atoms with van der Waals surface area (Å²) < 4.78 is 13.6. The molecular weight excluding hydrogens is 418 g/mol. The standard InChI is InChI=1S/C26H33N3O2S/c1-2-3-12-29-22(15-27-26(29)25-9-6-13-32-25)18-28(16-20-7-4-5-8-20)17-21-10-11-23-24(14-21)31-19-30-23/h6,9-11,13-15,20H,2-5,7-8,12,16-19H2,1H3. The van der Waals surface area contributed by atoms with Crippen molar-refractivity contribution < 1.29 is 9.47 Å². The third kappa shape index (κ3) is 4.86. The van der Waals surface area contributed by atoms with Crippen molar-refractivity contribution in [2.24, 2.45) is 5.92 Å². The van der Waals surface area contributed by atoms with Gasteiger partial charge < -0.3 is 14.0 Å². The summed E-state index contributed by atoms with van der Waals surface area (Å²) in [5.74, 6) is 3.64. The van der Waals surface area contributed by atoms with Gasteiger partial charge in [-0.3, -0.25) is 4.90 Å². The number of rotatable bonds is 10. The van der Waals surface area contributed by atoms with Crippen LogP contribution in [0.2, 0.25) is 0 Å². The lowest BCUT2D eigenvalue weighted by Crippen LogP contribution is -2.29. The zero-order chi connectivity index (χ0) is 21.8. The van der Waals surface area contributed by atoms with E-state index in [1.807, 2.05) is 6.07 Å².